The number of methoxy groups -OCH3 is 1. The largest absolute Gasteiger partial charge is 0.496 e. The number of carboxylic acid groups (broad SMARTS) is 1. The molecule has 1 saturated carbocycles. The number of aromatic nitrogens is 4. The summed E-state index contributed by atoms with van der Waals surface area (Å²) in [6, 6.07) is 14.3. The first-order chi connectivity index (χ1) is 21.2. The number of hydrogen-bond donors (Lipinski definition) is 1. The molecule has 5 aromatic rings. The molecule has 0 unspecified atom stereocenters. The molecular formula is C34H32F2N4O4. The number of aromatic carboxylic acids is 1. The summed E-state index contributed by atoms with van der Waals surface area (Å²) in [6.07, 6.45) is 4.55. The summed E-state index contributed by atoms with van der Waals surface area (Å²) in [5.41, 5.74) is 3.69. The van der Waals surface area contributed by atoms with E-state index in [-0.39, 0.29) is 46.8 Å². The van der Waals surface area contributed by atoms with Crippen LogP contribution < -0.4 is 9.47 Å². The fourth-order valence-electron chi connectivity index (χ4n) is 5.52. The number of hydrogen-bond acceptors (Lipinski definition) is 6. The van der Waals surface area contributed by atoms with Gasteiger partial charge < -0.3 is 19.1 Å². The van der Waals surface area contributed by atoms with Gasteiger partial charge in [-0.3, -0.25) is 0 Å². The number of benzene rings is 3. The van der Waals surface area contributed by atoms with Gasteiger partial charge in [0, 0.05) is 30.3 Å². The van der Waals surface area contributed by atoms with Crippen LogP contribution in [0.5, 0.6) is 11.8 Å². The van der Waals surface area contributed by atoms with Crippen LogP contribution in [0.4, 0.5) is 8.78 Å². The lowest BCUT2D eigenvalue weighted by molar-refractivity contribution is 0.0697. The molecule has 10 heteroatoms. The number of halogens is 2. The van der Waals surface area contributed by atoms with Crippen molar-refractivity contribution in [2.75, 3.05) is 7.11 Å². The molecule has 226 valence electrons. The normalized spacial score (nSPS) is 13.7. The third-order valence-electron chi connectivity index (χ3n) is 8.47. The van der Waals surface area contributed by atoms with Crippen molar-refractivity contribution in [3.05, 3.63) is 101 Å². The second-order valence-electron chi connectivity index (χ2n) is 11.4. The molecule has 0 amide bonds. The molecule has 1 aliphatic rings. The van der Waals surface area contributed by atoms with Crippen molar-refractivity contribution in [3.63, 3.8) is 0 Å². The van der Waals surface area contributed by atoms with Crippen molar-refractivity contribution >= 4 is 17.0 Å². The lowest BCUT2D eigenvalue weighted by atomic mass is 10.0. The molecule has 2 heterocycles. The molecular weight excluding hydrogens is 566 g/mol. The SMILES string of the molecule is CCC1(Cn2c(Cc3cc(F)c(-c4ccnc(OCc5ccc(C)cc5OC)n4)cc3F)nc3ccc(C(=O)O)cc32)CC1. The van der Waals surface area contributed by atoms with Crippen LogP contribution in [0.1, 0.15) is 59.1 Å². The molecule has 3 aromatic carbocycles. The number of imidazole rings is 1. The van der Waals surface area contributed by atoms with E-state index in [2.05, 4.69) is 16.9 Å². The highest BCUT2D eigenvalue weighted by atomic mass is 19.1. The van der Waals surface area contributed by atoms with Crippen LogP contribution in [-0.2, 0) is 19.6 Å². The van der Waals surface area contributed by atoms with Crippen molar-refractivity contribution in [1.82, 2.24) is 19.5 Å². The van der Waals surface area contributed by atoms with Gasteiger partial charge in [-0.1, -0.05) is 19.1 Å². The molecule has 0 bridgehead atoms. The van der Waals surface area contributed by atoms with Gasteiger partial charge in [0.15, 0.2) is 0 Å². The summed E-state index contributed by atoms with van der Waals surface area (Å²) >= 11 is 0. The van der Waals surface area contributed by atoms with E-state index in [1.165, 1.54) is 24.4 Å². The molecule has 0 atom stereocenters. The van der Waals surface area contributed by atoms with Crippen LogP contribution in [-0.4, -0.2) is 37.7 Å². The van der Waals surface area contributed by atoms with Gasteiger partial charge in [-0.05, 0) is 85.2 Å². The molecule has 2 aromatic heterocycles. The predicted octanol–water partition coefficient (Wildman–Crippen LogP) is 7.15. The summed E-state index contributed by atoms with van der Waals surface area (Å²) in [7, 11) is 1.58. The highest BCUT2D eigenvalue weighted by Gasteiger charge is 2.41. The van der Waals surface area contributed by atoms with Gasteiger partial charge in [0.25, 0.3) is 0 Å². The molecule has 8 nitrogen and oxygen atoms in total. The van der Waals surface area contributed by atoms with E-state index in [1.54, 1.807) is 19.2 Å². The molecule has 1 fully saturated rings. The second kappa shape index (κ2) is 11.7. The Bertz CT molecular complexity index is 1880. The molecule has 0 spiro atoms. The Labute approximate surface area is 253 Å². The van der Waals surface area contributed by atoms with Gasteiger partial charge in [-0.15, -0.1) is 0 Å². The number of fused-ring (bicyclic) bond motifs is 1. The fourth-order valence-corrected chi connectivity index (χ4v) is 5.52. The van der Waals surface area contributed by atoms with Gasteiger partial charge in [0.1, 0.15) is 29.8 Å². The zero-order valence-electron chi connectivity index (χ0n) is 24.7. The van der Waals surface area contributed by atoms with Gasteiger partial charge in [0.05, 0.1) is 29.4 Å². The molecule has 1 N–H and O–H groups in total. The monoisotopic (exact) mass is 598 g/mol. The summed E-state index contributed by atoms with van der Waals surface area (Å²) in [5.74, 6) is -1.06. The summed E-state index contributed by atoms with van der Waals surface area (Å²) in [6.45, 7) is 4.86. The average molecular weight is 599 g/mol. The van der Waals surface area contributed by atoms with Crippen LogP contribution in [0, 0.1) is 24.0 Å². The summed E-state index contributed by atoms with van der Waals surface area (Å²) in [4.78, 5) is 24.8. The van der Waals surface area contributed by atoms with E-state index in [4.69, 9.17) is 14.5 Å². The van der Waals surface area contributed by atoms with Crippen molar-refractivity contribution in [2.45, 2.75) is 52.7 Å². The van der Waals surface area contributed by atoms with E-state index in [9.17, 15) is 9.90 Å². The minimum Gasteiger partial charge on any atom is -0.496 e. The Kier molecular flexibility index (Phi) is 7.75. The smallest absolute Gasteiger partial charge is 0.335 e. The lowest BCUT2D eigenvalue weighted by Crippen LogP contribution is -2.14. The number of nitrogens with zero attached hydrogens (tertiary/aromatic N) is 4. The highest BCUT2D eigenvalue weighted by Crippen LogP contribution is 2.50. The number of rotatable bonds is 11. The predicted molar refractivity (Wildman–Crippen MR) is 161 cm³/mol. The van der Waals surface area contributed by atoms with Gasteiger partial charge in [-0.25, -0.2) is 23.5 Å². The first-order valence-electron chi connectivity index (χ1n) is 14.5. The topological polar surface area (TPSA) is 99.4 Å². The van der Waals surface area contributed by atoms with Crippen LogP contribution in [0.25, 0.3) is 22.3 Å². The maximum atomic E-state index is 15.6. The Balaban J connectivity index is 1.28. The van der Waals surface area contributed by atoms with Crippen LogP contribution in [0.15, 0.2) is 60.8 Å². The van der Waals surface area contributed by atoms with Crippen LogP contribution in [0.3, 0.4) is 0 Å². The van der Waals surface area contributed by atoms with E-state index in [0.29, 0.717) is 29.2 Å². The zero-order chi connectivity index (χ0) is 31.0. The van der Waals surface area contributed by atoms with Crippen molar-refractivity contribution in [2.24, 2.45) is 5.41 Å². The Hall–Kier alpha value is -4.86. The van der Waals surface area contributed by atoms with Gasteiger partial charge in [0.2, 0.25) is 0 Å². The Morgan fingerprint density at radius 2 is 1.84 bits per heavy atom. The lowest BCUT2D eigenvalue weighted by Gasteiger charge is -2.17. The maximum Gasteiger partial charge on any atom is 0.335 e. The third-order valence-corrected chi connectivity index (χ3v) is 8.47. The maximum absolute atomic E-state index is 15.6. The second-order valence-corrected chi connectivity index (χ2v) is 11.4. The van der Waals surface area contributed by atoms with E-state index < -0.39 is 17.6 Å². The van der Waals surface area contributed by atoms with Crippen molar-refractivity contribution in [1.29, 1.82) is 0 Å². The quantitative estimate of drug-likeness (QED) is 0.172. The Morgan fingerprint density at radius 3 is 2.57 bits per heavy atom. The average Bonchev–Trinajstić information content (AvgIpc) is 3.72. The van der Waals surface area contributed by atoms with E-state index in [1.807, 2.05) is 29.7 Å². The van der Waals surface area contributed by atoms with E-state index in [0.717, 1.165) is 36.5 Å². The van der Waals surface area contributed by atoms with E-state index >= 15 is 8.78 Å². The number of aryl methyl sites for hydroxylation is 1. The standard InChI is InChI=1S/C34H32F2N4O4/c1-4-34(10-11-34)19-40-29-15-21(32(41)42)7-8-28(29)38-31(40)16-23-14-26(36)24(17-25(23)35)27-9-12-37-33(39-27)44-18-22-6-5-20(2)13-30(22)43-3/h5-9,12-15,17H,4,10-11,16,18-19H2,1-3H3,(H,41,42). The molecule has 0 aliphatic heterocycles. The van der Waals surface area contributed by atoms with Crippen molar-refractivity contribution < 1.29 is 28.2 Å². The van der Waals surface area contributed by atoms with Gasteiger partial charge in [-0.2, -0.15) is 4.98 Å². The molecule has 0 saturated heterocycles. The highest BCUT2D eigenvalue weighted by molar-refractivity contribution is 5.92. The third kappa shape index (κ3) is 5.84. The molecule has 0 radical (unpaired) electrons. The summed E-state index contributed by atoms with van der Waals surface area (Å²) < 4.78 is 44.3. The number of carboxylic acids is 1. The first kappa shape index (κ1) is 29.2. The van der Waals surface area contributed by atoms with Gasteiger partial charge >= 0.3 is 12.0 Å². The number of ether oxygens (including phenoxy) is 2. The number of carbonyl (C=O) groups is 1. The zero-order valence-corrected chi connectivity index (χ0v) is 24.7. The van der Waals surface area contributed by atoms with Crippen molar-refractivity contribution in [3.8, 4) is 23.0 Å². The molecule has 44 heavy (non-hydrogen) atoms. The minimum absolute atomic E-state index is 0.0195. The molecule has 1 aliphatic carbocycles. The summed E-state index contributed by atoms with van der Waals surface area (Å²) in [5, 5.41) is 9.54. The minimum atomic E-state index is -1.03. The first-order valence-corrected chi connectivity index (χ1v) is 14.5. The Morgan fingerprint density at radius 1 is 1.02 bits per heavy atom. The van der Waals surface area contributed by atoms with Crippen LogP contribution >= 0.6 is 0 Å². The fraction of sp³-hybridized carbons (Fsp3) is 0.294. The van der Waals surface area contributed by atoms with Crippen LogP contribution in [0.2, 0.25) is 0 Å². The molecule has 6 rings (SSSR count).